The molecule has 120 valence electrons. The molecule has 0 unspecified atom stereocenters. The second kappa shape index (κ2) is 16.7. The lowest BCUT2D eigenvalue weighted by Gasteiger charge is -2.00. The smallest absolute Gasteiger partial charge is 0.233 e. The first-order valence-electron chi connectivity index (χ1n) is 8.25. The van der Waals surface area contributed by atoms with Crippen LogP contribution in [0.4, 0.5) is 0 Å². The van der Waals surface area contributed by atoms with Gasteiger partial charge >= 0.3 is 0 Å². The van der Waals surface area contributed by atoms with Gasteiger partial charge in [0.25, 0.3) is 0 Å². The Morgan fingerprint density at radius 2 is 1.43 bits per heavy atom. The molecular weight excluding hydrogens is 260 g/mol. The van der Waals surface area contributed by atoms with Crippen molar-refractivity contribution < 1.29 is 4.79 Å². The Balaban J connectivity index is 3.25. The number of amides is 1. The minimum absolute atomic E-state index is 0.0591. The molecule has 3 nitrogen and oxygen atoms in total. The van der Waals surface area contributed by atoms with Crippen LogP contribution in [0.15, 0.2) is 36.5 Å². The van der Waals surface area contributed by atoms with Crippen molar-refractivity contribution in [3.05, 3.63) is 36.5 Å². The van der Waals surface area contributed by atoms with Crippen molar-refractivity contribution in [3.63, 3.8) is 0 Å². The zero-order valence-corrected chi connectivity index (χ0v) is 13.5. The molecule has 0 aliphatic heterocycles. The number of hydrogen-bond acceptors (Lipinski definition) is 2. The summed E-state index contributed by atoms with van der Waals surface area (Å²) in [7, 11) is 0. The Labute approximate surface area is 130 Å². The first-order valence-corrected chi connectivity index (χ1v) is 8.25. The summed E-state index contributed by atoms with van der Waals surface area (Å²) in [6.45, 7) is 2.15. The lowest BCUT2D eigenvalue weighted by molar-refractivity contribution is -0.121. The number of unbranched alkanes of at least 4 members (excludes halogenated alkanes) is 5. The molecule has 21 heavy (non-hydrogen) atoms. The SMILES string of the molecule is CC/C=C\C/C=C\C/C=C\CCCCCCCC(=O)NN. The topological polar surface area (TPSA) is 55.1 Å². The van der Waals surface area contributed by atoms with Crippen molar-refractivity contribution in [3.8, 4) is 0 Å². The highest BCUT2D eigenvalue weighted by molar-refractivity contribution is 5.74. The van der Waals surface area contributed by atoms with Gasteiger partial charge in [-0.3, -0.25) is 10.2 Å². The first-order chi connectivity index (χ1) is 10.3. The van der Waals surface area contributed by atoms with E-state index in [0.717, 1.165) is 38.5 Å². The van der Waals surface area contributed by atoms with Gasteiger partial charge in [-0.25, -0.2) is 5.84 Å². The van der Waals surface area contributed by atoms with Crippen molar-refractivity contribution in [2.75, 3.05) is 0 Å². The summed E-state index contributed by atoms with van der Waals surface area (Å²) in [6.07, 6.45) is 24.0. The van der Waals surface area contributed by atoms with Crippen molar-refractivity contribution >= 4 is 5.91 Å². The molecule has 0 heterocycles. The van der Waals surface area contributed by atoms with E-state index >= 15 is 0 Å². The van der Waals surface area contributed by atoms with Crippen LogP contribution in [0.25, 0.3) is 0 Å². The highest BCUT2D eigenvalue weighted by Gasteiger charge is 1.96. The Morgan fingerprint density at radius 1 is 0.857 bits per heavy atom. The molecular formula is C18H32N2O. The summed E-state index contributed by atoms with van der Waals surface area (Å²) in [5, 5.41) is 0. The van der Waals surface area contributed by atoms with Gasteiger partial charge in [0, 0.05) is 6.42 Å². The molecule has 0 aliphatic rings. The molecule has 0 rings (SSSR count). The van der Waals surface area contributed by atoms with Crippen molar-refractivity contribution in [2.24, 2.45) is 5.84 Å². The summed E-state index contributed by atoms with van der Waals surface area (Å²) in [6, 6.07) is 0. The van der Waals surface area contributed by atoms with E-state index in [4.69, 9.17) is 5.84 Å². The lowest BCUT2D eigenvalue weighted by Crippen LogP contribution is -2.29. The highest BCUT2D eigenvalue weighted by atomic mass is 16.2. The van der Waals surface area contributed by atoms with E-state index in [2.05, 4.69) is 48.8 Å². The molecule has 1 amide bonds. The van der Waals surface area contributed by atoms with Gasteiger partial charge < -0.3 is 0 Å². The molecule has 0 saturated carbocycles. The van der Waals surface area contributed by atoms with Crippen molar-refractivity contribution in [1.29, 1.82) is 0 Å². The lowest BCUT2D eigenvalue weighted by atomic mass is 10.1. The van der Waals surface area contributed by atoms with E-state index in [1.807, 2.05) is 0 Å². The number of carbonyl (C=O) groups excluding carboxylic acids is 1. The predicted octanol–water partition coefficient (Wildman–Crippen LogP) is 4.57. The largest absolute Gasteiger partial charge is 0.294 e. The van der Waals surface area contributed by atoms with Gasteiger partial charge in [0.2, 0.25) is 5.91 Å². The Hall–Kier alpha value is -1.35. The van der Waals surface area contributed by atoms with Crippen LogP contribution >= 0.6 is 0 Å². The molecule has 0 bridgehead atoms. The van der Waals surface area contributed by atoms with E-state index in [-0.39, 0.29) is 5.91 Å². The van der Waals surface area contributed by atoms with Crippen molar-refractivity contribution in [2.45, 2.75) is 71.1 Å². The first kappa shape index (κ1) is 19.7. The average molecular weight is 292 g/mol. The van der Waals surface area contributed by atoms with Crippen LogP contribution in [0.2, 0.25) is 0 Å². The Kier molecular flexibility index (Phi) is 15.6. The molecule has 0 fully saturated rings. The zero-order chi connectivity index (χ0) is 15.6. The number of carbonyl (C=O) groups is 1. The minimum atomic E-state index is -0.0591. The van der Waals surface area contributed by atoms with E-state index in [1.54, 1.807) is 0 Å². The minimum Gasteiger partial charge on any atom is -0.294 e. The third-order valence-corrected chi connectivity index (χ3v) is 3.22. The van der Waals surface area contributed by atoms with Gasteiger partial charge in [-0.05, 0) is 38.5 Å². The predicted molar refractivity (Wildman–Crippen MR) is 91.6 cm³/mol. The number of nitrogens with one attached hydrogen (secondary N) is 1. The monoisotopic (exact) mass is 292 g/mol. The van der Waals surface area contributed by atoms with E-state index in [0.29, 0.717) is 6.42 Å². The maximum absolute atomic E-state index is 10.9. The fraction of sp³-hybridized carbons (Fsp3) is 0.611. The molecule has 0 aromatic heterocycles. The summed E-state index contributed by atoms with van der Waals surface area (Å²) in [5.74, 6) is 4.96. The molecule has 0 radical (unpaired) electrons. The van der Waals surface area contributed by atoms with Gasteiger partial charge in [-0.1, -0.05) is 62.6 Å². The molecule has 0 saturated heterocycles. The second-order valence-electron chi connectivity index (χ2n) is 5.17. The van der Waals surface area contributed by atoms with Crippen LogP contribution in [-0.4, -0.2) is 5.91 Å². The van der Waals surface area contributed by atoms with Gasteiger partial charge in [-0.2, -0.15) is 0 Å². The zero-order valence-electron chi connectivity index (χ0n) is 13.5. The van der Waals surface area contributed by atoms with Crippen LogP contribution in [0.3, 0.4) is 0 Å². The number of rotatable bonds is 13. The van der Waals surface area contributed by atoms with Crippen LogP contribution in [0, 0.1) is 0 Å². The number of hydrazine groups is 1. The van der Waals surface area contributed by atoms with Crippen LogP contribution in [0.5, 0.6) is 0 Å². The summed E-state index contributed by atoms with van der Waals surface area (Å²) >= 11 is 0. The maximum atomic E-state index is 10.9. The number of nitrogens with two attached hydrogens (primary N) is 1. The fourth-order valence-corrected chi connectivity index (χ4v) is 1.98. The molecule has 0 aliphatic carbocycles. The van der Waals surface area contributed by atoms with Gasteiger partial charge in [0.05, 0.1) is 0 Å². The number of hydrogen-bond donors (Lipinski definition) is 2. The average Bonchev–Trinajstić information content (AvgIpc) is 2.50. The Bertz CT molecular complexity index is 319. The fourth-order valence-electron chi connectivity index (χ4n) is 1.98. The van der Waals surface area contributed by atoms with Gasteiger partial charge in [0.1, 0.15) is 0 Å². The molecule has 0 atom stereocenters. The normalized spacial score (nSPS) is 11.9. The standard InChI is InChI=1S/C18H32N2O/c1-2-3-4-5-6-7-8-9-10-11-12-13-14-15-16-17-18(21)20-19/h3-4,6-7,9-10H,2,5,8,11-17,19H2,1H3,(H,20,21)/b4-3-,7-6-,10-9-. The van der Waals surface area contributed by atoms with Crippen molar-refractivity contribution in [1.82, 2.24) is 5.43 Å². The highest BCUT2D eigenvalue weighted by Crippen LogP contribution is 2.07. The third kappa shape index (κ3) is 16.6. The van der Waals surface area contributed by atoms with Crippen LogP contribution < -0.4 is 11.3 Å². The van der Waals surface area contributed by atoms with Crippen LogP contribution in [-0.2, 0) is 4.79 Å². The molecule has 3 N–H and O–H groups in total. The molecule has 0 aromatic carbocycles. The van der Waals surface area contributed by atoms with E-state index in [9.17, 15) is 4.79 Å². The third-order valence-electron chi connectivity index (χ3n) is 3.22. The molecule has 3 heteroatoms. The summed E-state index contributed by atoms with van der Waals surface area (Å²) < 4.78 is 0. The molecule has 0 spiro atoms. The quantitative estimate of drug-likeness (QED) is 0.172. The van der Waals surface area contributed by atoms with Gasteiger partial charge in [0.15, 0.2) is 0 Å². The van der Waals surface area contributed by atoms with Crippen LogP contribution in [0.1, 0.15) is 71.1 Å². The Morgan fingerprint density at radius 3 is 2.10 bits per heavy atom. The van der Waals surface area contributed by atoms with E-state index in [1.165, 1.54) is 19.3 Å². The number of allylic oxidation sites excluding steroid dienone is 6. The summed E-state index contributed by atoms with van der Waals surface area (Å²) in [5.41, 5.74) is 2.16. The second-order valence-corrected chi connectivity index (χ2v) is 5.17. The van der Waals surface area contributed by atoms with Gasteiger partial charge in [-0.15, -0.1) is 0 Å². The summed E-state index contributed by atoms with van der Waals surface area (Å²) in [4.78, 5) is 10.9. The van der Waals surface area contributed by atoms with E-state index < -0.39 is 0 Å². The maximum Gasteiger partial charge on any atom is 0.233 e. The molecule has 0 aromatic rings.